The molecule has 1 amide bonds. The first-order valence-electron chi connectivity index (χ1n) is 12.3. The molecule has 0 saturated carbocycles. The van der Waals surface area contributed by atoms with Crippen molar-refractivity contribution in [2.45, 2.75) is 29.0 Å². The van der Waals surface area contributed by atoms with Gasteiger partial charge in [-0.25, -0.2) is 9.78 Å². The Hall–Kier alpha value is -3.63. The van der Waals surface area contributed by atoms with Crippen LogP contribution in [0.5, 0.6) is 17.2 Å². The van der Waals surface area contributed by atoms with E-state index in [2.05, 4.69) is 10.3 Å². The first-order chi connectivity index (χ1) is 19.8. The number of rotatable bonds is 12. The summed E-state index contributed by atoms with van der Waals surface area (Å²) in [6.07, 6.45) is 1.62. The average molecular weight is 650 g/mol. The molecule has 1 unspecified atom stereocenters. The SMILES string of the molecule is COc1ccc(OC)c(Sc2ncccc2C(=O)NC(Cc2ccc(OCc3c(Cl)cccc3Cl)cc2)C(=O)O)c1.Cl. The number of halogens is 3. The summed E-state index contributed by atoms with van der Waals surface area (Å²) in [5.41, 5.74) is 1.60. The van der Waals surface area contributed by atoms with Gasteiger partial charge in [-0.2, -0.15) is 0 Å². The lowest BCUT2D eigenvalue weighted by molar-refractivity contribution is -0.139. The average Bonchev–Trinajstić information content (AvgIpc) is 2.97. The fourth-order valence-corrected chi connectivity index (χ4v) is 5.36. The fraction of sp³-hybridized carbons (Fsp3) is 0.167. The first-order valence-corrected chi connectivity index (χ1v) is 13.9. The molecule has 0 aliphatic heterocycles. The number of benzene rings is 3. The Labute approximate surface area is 263 Å². The van der Waals surface area contributed by atoms with E-state index in [1.807, 2.05) is 0 Å². The highest BCUT2D eigenvalue weighted by atomic mass is 35.5. The van der Waals surface area contributed by atoms with Crippen molar-refractivity contribution in [1.29, 1.82) is 0 Å². The van der Waals surface area contributed by atoms with Gasteiger partial charge >= 0.3 is 5.97 Å². The summed E-state index contributed by atoms with van der Waals surface area (Å²) >= 11 is 13.6. The quantitative estimate of drug-likeness (QED) is 0.169. The van der Waals surface area contributed by atoms with E-state index >= 15 is 0 Å². The smallest absolute Gasteiger partial charge is 0.326 e. The van der Waals surface area contributed by atoms with Crippen molar-refractivity contribution < 1.29 is 28.9 Å². The first kappa shape index (κ1) is 32.9. The van der Waals surface area contributed by atoms with Gasteiger partial charge in [0.1, 0.15) is 34.9 Å². The lowest BCUT2D eigenvalue weighted by Gasteiger charge is -2.17. The van der Waals surface area contributed by atoms with Crippen molar-refractivity contribution in [3.05, 3.63) is 106 Å². The van der Waals surface area contributed by atoms with Crippen LogP contribution in [0.25, 0.3) is 0 Å². The number of ether oxygens (including phenoxy) is 3. The number of methoxy groups -OCH3 is 2. The molecule has 3 aromatic carbocycles. The zero-order chi connectivity index (χ0) is 29.4. The molecular weight excluding hydrogens is 623 g/mol. The van der Waals surface area contributed by atoms with E-state index in [0.29, 0.717) is 48.3 Å². The molecule has 2 N–H and O–H groups in total. The predicted octanol–water partition coefficient (Wildman–Crippen LogP) is 6.98. The summed E-state index contributed by atoms with van der Waals surface area (Å²) in [5, 5.41) is 13.9. The topological polar surface area (TPSA) is 107 Å². The van der Waals surface area contributed by atoms with Crippen LogP contribution < -0.4 is 19.5 Å². The van der Waals surface area contributed by atoms with Gasteiger partial charge in [-0.05, 0) is 60.2 Å². The van der Waals surface area contributed by atoms with E-state index in [-0.39, 0.29) is 31.0 Å². The molecule has 0 fully saturated rings. The van der Waals surface area contributed by atoms with E-state index in [9.17, 15) is 14.7 Å². The maximum absolute atomic E-state index is 13.2. The van der Waals surface area contributed by atoms with Crippen molar-refractivity contribution >= 4 is 59.2 Å². The van der Waals surface area contributed by atoms with Crippen LogP contribution in [0, 0.1) is 0 Å². The van der Waals surface area contributed by atoms with Gasteiger partial charge in [0.25, 0.3) is 5.91 Å². The van der Waals surface area contributed by atoms with E-state index < -0.39 is 17.9 Å². The lowest BCUT2D eigenvalue weighted by atomic mass is 10.1. The molecule has 1 aromatic heterocycles. The van der Waals surface area contributed by atoms with Gasteiger partial charge < -0.3 is 24.6 Å². The van der Waals surface area contributed by atoms with E-state index in [1.165, 1.54) is 11.8 Å². The lowest BCUT2D eigenvalue weighted by Crippen LogP contribution is -2.42. The predicted molar refractivity (Wildman–Crippen MR) is 165 cm³/mol. The molecule has 4 aromatic rings. The minimum atomic E-state index is -1.18. The van der Waals surface area contributed by atoms with Crippen LogP contribution in [0.4, 0.5) is 0 Å². The maximum atomic E-state index is 13.2. The van der Waals surface area contributed by atoms with Crippen LogP contribution in [0.15, 0.2) is 88.9 Å². The second-order valence-corrected chi connectivity index (χ2v) is 10.5. The molecule has 0 aliphatic rings. The molecular formula is C30H27Cl3N2O6S. The third-order valence-electron chi connectivity index (χ3n) is 6.00. The molecule has 0 radical (unpaired) electrons. The highest BCUT2D eigenvalue weighted by Gasteiger charge is 2.24. The Kier molecular flexibility index (Phi) is 12.2. The van der Waals surface area contributed by atoms with Crippen molar-refractivity contribution in [1.82, 2.24) is 10.3 Å². The van der Waals surface area contributed by atoms with Crippen LogP contribution in [-0.2, 0) is 17.8 Å². The number of aromatic nitrogens is 1. The Balaban J connectivity index is 0.00000484. The van der Waals surface area contributed by atoms with Crippen LogP contribution in [-0.4, -0.2) is 42.2 Å². The number of pyridine rings is 1. The molecule has 42 heavy (non-hydrogen) atoms. The summed E-state index contributed by atoms with van der Waals surface area (Å²) in [6.45, 7) is 0.179. The second-order valence-electron chi connectivity index (χ2n) is 8.68. The summed E-state index contributed by atoms with van der Waals surface area (Å²) in [4.78, 5) is 30.4. The standard InChI is InChI=1S/C30H26Cl2N2O6S.ClH/c1-38-20-12-13-26(39-2)27(16-20)41-29-21(5-4-14-33-29)28(35)34-25(30(36)37)15-18-8-10-19(11-9-18)40-17-22-23(31)6-3-7-24(22)32;/h3-14,16,25H,15,17H2,1-2H3,(H,34,35)(H,36,37);1H. The van der Waals surface area contributed by atoms with Gasteiger partial charge in [0.15, 0.2) is 0 Å². The Morgan fingerprint density at radius 2 is 1.64 bits per heavy atom. The molecule has 12 heteroatoms. The zero-order valence-electron chi connectivity index (χ0n) is 22.5. The van der Waals surface area contributed by atoms with E-state index in [1.54, 1.807) is 93.2 Å². The van der Waals surface area contributed by atoms with Crippen LogP contribution in [0.3, 0.4) is 0 Å². The number of hydrogen-bond donors (Lipinski definition) is 2. The highest BCUT2D eigenvalue weighted by Crippen LogP contribution is 2.37. The highest BCUT2D eigenvalue weighted by molar-refractivity contribution is 7.99. The molecule has 220 valence electrons. The van der Waals surface area contributed by atoms with Crippen molar-refractivity contribution in [3.63, 3.8) is 0 Å². The number of aliphatic carboxylic acids is 1. The monoisotopic (exact) mass is 648 g/mol. The zero-order valence-corrected chi connectivity index (χ0v) is 25.7. The normalized spacial score (nSPS) is 11.1. The largest absolute Gasteiger partial charge is 0.497 e. The Morgan fingerprint density at radius 3 is 2.29 bits per heavy atom. The summed E-state index contributed by atoms with van der Waals surface area (Å²) in [5.74, 6) is 0.0283. The van der Waals surface area contributed by atoms with Crippen LogP contribution in [0.1, 0.15) is 21.5 Å². The van der Waals surface area contributed by atoms with Crippen LogP contribution in [0.2, 0.25) is 10.0 Å². The van der Waals surface area contributed by atoms with E-state index in [0.717, 1.165) is 0 Å². The summed E-state index contributed by atoms with van der Waals surface area (Å²) < 4.78 is 16.5. The summed E-state index contributed by atoms with van der Waals surface area (Å²) in [7, 11) is 3.10. The molecule has 1 heterocycles. The minimum Gasteiger partial charge on any atom is -0.497 e. The number of nitrogens with one attached hydrogen (secondary N) is 1. The fourth-order valence-electron chi connectivity index (χ4n) is 3.83. The van der Waals surface area contributed by atoms with Crippen molar-refractivity contribution in [3.8, 4) is 17.2 Å². The molecule has 0 saturated heterocycles. The molecule has 0 bridgehead atoms. The number of hydrogen-bond acceptors (Lipinski definition) is 7. The van der Waals surface area contributed by atoms with Crippen molar-refractivity contribution in [2.75, 3.05) is 14.2 Å². The van der Waals surface area contributed by atoms with Gasteiger partial charge in [0.2, 0.25) is 0 Å². The maximum Gasteiger partial charge on any atom is 0.326 e. The Morgan fingerprint density at radius 1 is 0.952 bits per heavy atom. The molecule has 4 rings (SSSR count). The van der Waals surface area contributed by atoms with Gasteiger partial charge in [-0.3, -0.25) is 4.79 Å². The number of nitrogens with zero attached hydrogens (tertiary/aromatic N) is 1. The van der Waals surface area contributed by atoms with Gasteiger partial charge in [-0.1, -0.05) is 53.2 Å². The van der Waals surface area contributed by atoms with Gasteiger partial charge in [0.05, 0.1) is 24.7 Å². The van der Waals surface area contributed by atoms with Crippen molar-refractivity contribution in [2.24, 2.45) is 0 Å². The van der Waals surface area contributed by atoms with Gasteiger partial charge in [0, 0.05) is 28.2 Å². The van der Waals surface area contributed by atoms with Crippen LogP contribution >= 0.6 is 47.4 Å². The third kappa shape index (κ3) is 8.45. The molecule has 0 spiro atoms. The van der Waals surface area contributed by atoms with Gasteiger partial charge in [-0.15, -0.1) is 12.4 Å². The Bertz CT molecular complexity index is 1520. The number of amides is 1. The number of carboxylic acid groups (broad SMARTS) is 1. The molecule has 0 aliphatic carbocycles. The minimum absolute atomic E-state index is 0. The summed E-state index contributed by atoms with van der Waals surface area (Å²) in [6, 6.07) is 19.5. The molecule has 8 nitrogen and oxygen atoms in total. The third-order valence-corrected chi connectivity index (χ3v) is 7.77. The second kappa shape index (κ2) is 15.6. The van der Waals surface area contributed by atoms with E-state index in [4.69, 9.17) is 37.4 Å². The molecule has 1 atom stereocenters. The number of carbonyl (C=O) groups excluding carboxylic acids is 1. The number of carboxylic acids is 1. The number of carbonyl (C=O) groups is 2.